The van der Waals surface area contributed by atoms with E-state index in [0.717, 1.165) is 63.5 Å². The van der Waals surface area contributed by atoms with Gasteiger partial charge in [-0.15, -0.1) is 0 Å². The Morgan fingerprint density at radius 1 is 1.12 bits per heavy atom. The summed E-state index contributed by atoms with van der Waals surface area (Å²) in [6, 6.07) is 18.0. The van der Waals surface area contributed by atoms with Crippen LogP contribution >= 0.6 is 0 Å². The molecule has 2 unspecified atom stereocenters. The number of carbonyl (C=O) groups excluding carboxylic acids is 1. The van der Waals surface area contributed by atoms with E-state index in [0.29, 0.717) is 32.1 Å². The van der Waals surface area contributed by atoms with Crippen molar-refractivity contribution in [1.82, 2.24) is 25.1 Å². The third-order valence-electron chi connectivity index (χ3n) is 8.76. The van der Waals surface area contributed by atoms with E-state index in [2.05, 4.69) is 68.6 Å². The lowest BCUT2D eigenvalue weighted by Crippen LogP contribution is -2.51. The molecule has 2 atom stereocenters. The number of likely N-dealkylation sites (N-methyl/N-ethyl adjacent to an activating group) is 1. The van der Waals surface area contributed by atoms with E-state index in [9.17, 15) is 10.1 Å². The second-order valence-electron chi connectivity index (χ2n) is 11.7. The van der Waals surface area contributed by atoms with Gasteiger partial charge in [-0.3, -0.25) is 9.69 Å². The van der Waals surface area contributed by atoms with Gasteiger partial charge in [0.1, 0.15) is 12.4 Å². The molecule has 6 rings (SSSR count). The molecule has 1 N–H and O–H groups in total. The molecule has 1 aromatic heterocycles. The van der Waals surface area contributed by atoms with Crippen LogP contribution in [0.25, 0.3) is 10.8 Å². The van der Waals surface area contributed by atoms with Crippen LogP contribution in [0.3, 0.4) is 0 Å². The zero-order valence-electron chi connectivity index (χ0n) is 24.6. The van der Waals surface area contributed by atoms with E-state index in [1.807, 2.05) is 0 Å². The van der Waals surface area contributed by atoms with Crippen LogP contribution < -0.4 is 19.9 Å². The van der Waals surface area contributed by atoms with Gasteiger partial charge in [0.25, 0.3) is 0 Å². The van der Waals surface area contributed by atoms with Gasteiger partial charge in [0.15, 0.2) is 0 Å². The predicted octanol–water partition coefficient (Wildman–Crippen LogP) is 2.82. The van der Waals surface area contributed by atoms with Crippen LogP contribution in [0.5, 0.6) is 6.01 Å². The highest BCUT2D eigenvalue weighted by Crippen LogP contribution is 2.34. The summed E-state index contributed by atoms with van der Waals surface area (Å²) in [5, 5.41) is 15.3. The number of rotatable bonds is 8. The van der Waals surface area contributed by atoms with Crippen LogP contribution in [-0.4, -0.2) is 97.7 Å². The van der Waals surface area contributed by atoms with Crippen molar-refractivity contribution in [1.29, 1.82) is 5.26 Å². The average molecular weight is 569 g/mol. The van der Waals surface area contributed by atoms with Crippen molar-refractivity contribution in [2.24, 2.45) is 0 Å². The Bertz CT molecular complexity index is 1470. The van der Waals surface area contributed by atoms with Gasteiger partial charge in [-0.05, 0) is 37.3 Å². The number of anilines is 2. The molecule has 0 saturated carbocycles. The molecular formula is C32H40N8O2. The lowest BCUT2D eigenvalue weighted by molar-refractivity contribution is -0.130. The fraction of sp³-hybridized carbons (Fsp3) is 0.500. The van der Waals surface area contributed by atoms with Gasteiger partial charge in [-0.25, -0.2) is 0 Å². The van der Waals surface area contributed by atoms with E-state index < -0.39 is 0 Å². The first kappa shape index (κ1) is 28.2. The first-order valence-electron chi connectivity index (χ1n) is 15.0. The maximum atomic E-state index is 12.4. The fourth-order valence-electron chi connectivity index (χ4n) is 6.45. The summed E-state index contributed by atoms with van der Waals surface area (Å²) < 4.78 is 6.34. The van der Waals surface area contributed by atoms with Gasteiger partial charge in [-0.1, -0.05) is 36.4 Å². The minimum atomic E-state index is 0.105. The molecule has 42 heavy (non-hydrogen) atoms. The molecule has 3 aliphatic rings. The summed E-state index contributed by atoms with van der Waals surface area (Å²) in [4.78, 5) is 30.9. The number of likely N-dealkylation sites (tertiary alicyclic amines) is 1. The smallest absolute Gasteiger partial charge is 0.318 e. The molecule has 220 valence electrons. The standard InChI is InChI=1S/C32H40N8O2/c1-37(2)30(41)21-38-16-6-9-25(38)22-42-32-35-28-20-39(29-11-5-8-23-7-3-4-10-26(23)29)17-13-27(28)31(36-32)40-18-15-34-24(19-40)12-14-33/h3-5,7-8,10-11,24-25,34H,6,9,12-13,15-22H2,1-2H3. The third-order valence-corrected chi connectivity index (χ3v) is 8.76. The molecule has 2 fully saturated rings. The zero-order valence-corrected chi connectivity index (χ0v) is 24.6. The summed E-state index contributed by atoms with van der Waals surface area (Å²) in [6.45, 7) is 5.65. The summed E-state index contributed by atoms with van der Waals surface area (Å²) >= 11 is 0. The Kier molecular flexibility index (Phi) is 8.40. The third kappa shape index (κ3) is 5.98. The topological polar surface area (TPSA) is 101 Å². The first-order chi connectivity index (χ1) is 20.5. The van der Waals surface area contributed by atoms with Gasteiger partial charge in [0.05, 0.1) is 31.3 Å². The Labute approximate surface area is 247 Å². The number of hydrogen-bond donors (Lipinski definition) is 1. The number of amides is 1. The monoisotopic (exact) mass is 568 g/mol. The molecular weight excluding hydrogens is 528 g/mol. The van der Waals surface area contributed by atoms with Crippen LogP contribution in [0.4, 0.5) is 11.5 Å². The maximum Gasteiger partial charge on any atom is 0.318 e. The molecule has 0 bridgehead atoms. The van der Waals surface area contributed by atoms with Crippen LogP contribution in [0.1, 0.15) is 30.5 Å². The van der Waals surface area contributed by atoms with Crippen molar-refractivity contribution >= 4 is 28.2 Å². The predicted molar refractivity (Wildman–Crippen MR) is 164 cm³/mol. The van der Waals surface area contributed by atoms with Crippen LogP contribution in [-0.2, 0) is 17.8 Å². The highest BCUT2D eigenvalue weighted by Gasteiger charge is 2.31. The number of ether oxygens (including phenoxy) is 1. The largest absolute Gasteiger partial charge is 0.462 e. The number of nitriles is 1. The Morgan fingerprint density at radius 3 is 2.83 bits per heavy atom. The molecule has 0 radical (unpaired) electrons. The number of hydrogen-bond acceptors (Lipinski definition) is 9. The van der Waals surface area contributed by atoms with Crippen LogP contribution in [0.2, 0.25) is 0 Å². The molecule has 3 aromatic rings. The lowest BCUT2D eigenvalue weighted by atomic mass is 10.0. The minimum absolute atomic E-state index is 0.105. The van der Waals surface area contributed by atoms with Crippen molar-refractivity contribution in [3.63, 3.8) is 0 Å². The Morgan fingerprint density at radius 2 is 1.98 bits per heavy atom. The molecule has 4 heterocycles. The van der Waals surface area contributed by atoms with Crippen molar-refractivity contribution in [2.45, 2.75) is 44.3 Å². The van der Waals surface area contributed by atoms with E-state index >= 15 is 0 Å². The quantitative estimate of drug-likeness (QED) is 0.440. The van der Waals surface area contributed by atoms with Crippen molar-refractivity contribution in [3.8, 4) is 12.1 Å². The van der Waals surface area contributed by atoms with Gasteiger partial charge in [0.2, 0.25) is 5.91 Å². The molecule has 10 nitrogen and oxygen atoms in total. The van der Waals surface area contributed by atoms with Gasteiger partial charge >= 0.3 is 6.01 Å². The van der Waals surface area contributed by atoms with Gasteiger partial charge in [-0.2, -0.15) is 15.2 Å². The molecule has 0 aliphatic carbocycles. The van der Waals surface area contributed by atoms with Gasteiger partial charge in [0, 0.05) is 69.0 Å². The highest BCUT2D eigenvalue weighted by molar-refractivity contribution is 5.94. The molecule has 2 saturated heterocycles. The average Bonchev–Trinajstić information content (AvgIpc) is 3.46. The number of nitrogens with one attached hydrogen (secondary N) is 1. The number of fused-ring (bicyclic) bond motifs is 2. The molecule has 3 aliphatic heterocycles. The van der Waals surface area contributed by atoms with Crippen LogP contribution in [0, 0.1) is 11.3 Å². The highest BCUT2D eigenvalue weighted by atomic mass is 16.5. The van der Waals surface area contributed by atoms with E-state index in [1.165, 1.54) is 22.0 Å². The number of piperazine rings is 1. The van der Waals surface area contributed by atoms with E-state index in [4.69, 9.17) is 14.7 Å². The van der Waals surface area contributed by atoms with Crippen molar-refractivity contribution in [3.05, 3.63) is 53.7 Å². The SMILES string of the molecule is CN(C)C(=O)CN1CCCC1COc1nc2c(c(N3CCNC(CC#N)C3)n1)CCN(c1cccc3ccccc13)C2. The number of carbonyl (C=O) groups is 1. The Balaban J connectivity index is 1.28. The second-order valence-corrected chi connectivity index (χ2v) is 11.7. The maximum absolute atomic E-state index is 12.4. The summed E-state index contributed by atoms with van der Waals surface area (Å²) in [6.07, 6.45) is 3.34. The van der Waals surface area contributed by atoms with Crippen LogP contribution in [0.15, 0.2) is 42.5 Å². The summed E-state index contributed by atoms with van der Waals surface area (Å²) in [5.41, 5.74) is 3.39. The number of benzene rings is 2. The fourth-order valence-corrected chi connectivity index (χ4v) is 6.45. The molecule has 1 amide bonds. The molecule has 0 spiro atoms. The van der Waals surface area contributed by atoms with E-state index in [-0.39, 0.29) is 18.0 Å². The summed E-state index contributed by atoms with van der Waals surface area (Å²) in [5.74, 6) is 1.04. The summed E-state index contributed by atoms with van der Waals surface area (Å²) in [7, 11) is 3.59. The number of nitrogens with zero attached hydrogens (tertiary/aromatic N) is 7. The lowest BCUT2D eigenvalue weighted by Gasteiger charge is -2.37. The molecule has 2 aromatic carbocycles. The zero-order chi connectivity index (χ0) is 29.1. The normalized spacial score (nSPS) is 20.8. The first-order valence-corrected chi connectivity index (χ1v) is 15.0. The van der Waals surface area contributed by atoms with Gasteiger partial charge < -0.3 is 24.8 Å². The van der Waals surface area contributed by atoms with Crippen molar-refractivity contribution < 1.29 is 9.53 Å². The number of aromatic nitrogens is 2. The Hall–Kier alpha value is -3.94. The molecule has 10 heteroatoms. The van der Waals surface area contributed by atoms with Crippen molar-refractivity contribution in [2.75, 3.05) is 69.8 Å². The minimum Gasteiger partial charge on any atom is -0.462 e. The second kappa shape index (κ2) is 12.5. The van der Waals surface area contributed by atoms with E-state index in [1.54, 1.807) is 19.0 Å².